The van der Waals surface area contributed by atoms with Gasteiger partial charge >= 0.3 is 0 Å². The number of carbonyl (C=O) groups is 1. The minimum atomic E-state index is -3.73. The fourth-order valence-corrected chi connectivity index (χ4v) is 3.99. The quantitative estimate of drug-likeness (QED) is 0.775. The van der Waals surface area contributed by atoms with E-state index in [0.29, 0.717) is 37.1 Å². The molecule has 0 unspecified atom stereocenters. The van der Waals surface area contributed by atoms with Gasteiger partial charge in [-0.2, -0.15) is 0 Å². The number of carbonyl (C=O) groups excluding carboxylic acids is 1. The molecule has 0 aliphatic carbocycles. The van der Waals surface area contributed by atoms with Crippen LogP contribution in [0.15, 0.2) is 18.2 Å². The van der Waals surface area contributed by atoms with E-state index in [0.717, 1.165) is 10.6 Å². The Morgan fingerprint density at radius 3 is 2.54 bits per heavy atom. The number of methoxy groups -OCH3 is 1. The Bertz CT molecular complexity index is 704. The summed E-state index contributed by atoms with van der Waals surface area (Å²) >= 11 is 6.01. The van der Waals surface area contributed by atoms with Crippen LogP contribution in [-0.4, -0.2) is 64.9 Å². The first-order valence-corrected chi connectivity index (χ1v) is 9.68. The van der Waals surface area contributed by atoms with Gasteiger partial charge in [-0.1, -0.05) is 11.6 Å². The van der Waals surface area contributed by atoms with Crippen LogP contribution < -0.4 is 9.04 Å². The Morgan fingerprint density at radius 1 is 1.38 bits per heavy atom. The molecule has 134 valence electrons. The maximum absolute atomic E-state index is 12.7. The molecule has 0 N–H and O–H groups in total. The zero-order valence-electron chi connectivity index (χ0n) is 13.9. The number of benzene rings is 1. The molecule has 0 radical (unpaired) electrons. The summed E-state index contributed by atoms with van der Waals surface area (Å²) in [5, 5.41) is 0.352. The molecule has 1 aromatic rings. The first-order chi connectivity index (χ1) is 11.3. The highest BCUT2D eigenvalue weighted by atomic mass is 35.5. The van der Waals surface area contributed by atoms with Crippen molar-refractivity contribution in [3.8, 4) is 5.75 Å². The monoisotopic (exact) mass is 376 g/mol. The van der Waals surface area contributed by atoms with Crippen molar-refractivity contribution < 1.29 is 22.7 Å². The molecule has 0 aromatic heterocycles. The van der Waals surface area contributed by atoms with Gasteiger partial charge in [0.25, 0.3) is 0 Å². The fourth-order valence-electron chi connectivity index (χ4n) is 2.66. The van der Waals surface area contributed by atoms with Crippen molar-refractivity contribution in [2.45, 2.75) is 13.0 Å². The molecule has 24 heavy (non-hydrogen) atoms. The topological polar surface area (TPSA) is 76.2 Å². The summed E-state index contributed by atoms with van der Waals surface area (Å²) in [6, 6.07) is 3.72. The van der Waals surface area contributed by atoms with Gasteiger partial charge in [0.1, 0.15) is 11.8 Å². The maximum Gasteiger partial charge on any atom is 0.246 e. The number of rotatable bonds is 5. The molecule has 2 rings (SSSR count). The number of amides is 1. The summed E-state index contributed by atoms with van der Waals surface area (Å²) in [4.78, 5) is 14.3. The second-order valence-corrected chi connectivity index (χ2v) is 7.78. The van der Waals surface area contributed by atoms with Crippen molar-refractivity contribution in [3.63, 3.8) is 0 Å². The third-order valence-electron chi connectivity index (χ3n) is 3.77. The van der Waals surface area contributed by atoms with Crippen molar-refractivity contribution in [3.05, 3.63) is 23.2 Å². The average Bonchev–Trinajstić information content (AvgIpc) is 2.54. The van der Waals surface area contributed by atoms with Crippen LogP contribution in [0.5, 0.6) is 5.75 Å². The van der Waals surface area contributed by atoms with Crippen molar-refractivity contribution in [2.24, 2.45) is 0 Å². The highest BCUT2D eigenvalue weighted by Gasteiger charge is 2.34. The Hall–Kier alpha value is -1.51. The lowest BCUT2D eigenvalue weighted by atomic mass is 10.2. The van der Waals surface area contributed by atoms with Gasteiger partial charge in [-0.05, 0) is 25.1 Å². The largest absolute Gasteiger partial charge is 0.495 e. The molecule has 1 aliphatic heterocycles. The number of halogens is 1. The molecule has 7 nitrogen and oxygen atoms in total. The normalized spacial score (nSPS) is 16.6. The van der Waals surface area contributed by atoms with E-state index >= 15 is 0 Å². The SMILES string of the molecule is COc1ccc(Cl)cc1N([C@H](C)C(=O)N1CCOCC1)S(C)(=O)=O. The van der Waals surface area contributed by atoms with Gasteiger partial charge in [-0.25, -0.2) is 8.42 Å². The van der Waals surface area contributed by atoms with Crippen molar-refractivity contribution >= 4 is 33.2 Å². The Kier molecular flexibility index (Phi) is 5.95. The zero-order chi connectivity index (χ0) is 17.9. The van der Waals surface area contributed by atoms with Gasteiger partial charge in [0, 0.05) is 18.1 Å². The van der Waals surface area contributed by atoms with Gasteiger partial charge in [0.2, 0.25) is 15.9 Å². The molecule has 1 amide bonds. The summed E-state index contributed by atoms with van der Waals surface area (Å²) in [6.07, 6.45) is 1.05. The van der Waals surface area contributed by atoms with Crippen LogP contribution in [0.1, 0.15) is 6.92 Å². The third-order valence-corrected chi connectivity index (χ3v) is 5.23. The number of sulfonamides is 1. The highest BCUT2D eigenvalue weighted by Crippen LogP contribution is 2.34. The summed E-state index contributed by atoms with van der Waals surface area (Å²) in [5.74, 6) is 0.0391. The van der Waals surface area contributed by atoms with Crippen molar-refractivity contribution in [2.75, 3.05) is 44.0 Å². The van der Waals surface area contributed by atoms with Gasteiger partial charge in [0.15, 0.2) is 0 Å². The molecule has 9 heteroatoms. The van der Waals surface area contributed by atoms with E-state index in [2.05, 4.69) is 0 Å². The number of ether oxygens (including phenoxy) is 2. The van der Waals surface area contributed by atoms with Crippen LogP contribution in [0.3, 0.4) is 0 Å². The molecule has 1 aromatic carbocycles. The van der Waals surface area contributed by atoms with E-state index in [1.165, 1.54) is 13.2 Å². The molecular weight excluding hydrogens is 356 g/mol. The second-order valence-electron chi connectivity index (χ2n) is 5.49. The van der Waals surface area contributed by atoms with E-state index in [4.69, 9.17) is 21.1 Å². The van der Waals surface area contributed by atoms with Crippen molar-refractivity contribution in [1.82, 2.24) is 4.90 Å². The molecule has 1 fully saturated rings. The first-order valence-electron chi connectivity index (χ1n) is 7.45. The lowest BCUT2D eigenvalue weighted by molar-refractivity contribution is -0.136. The Balaban J connectivity index is 2.42. The molecule has 0 spiro atoms. The maximum atomic E-state index is 12.7. The van der Waals surface area contributed by atoms with Crippen LogP contribution >= 0.6 is 11.6 Å². The minimum Gasteiger partial charge on any atom is -0.495 e. The summed E-state index contributed by atoms with van der Waals surface area (Å²) < 4.78 is 36.3. The Morgan fingerprint density at radius 2 is 2.00 bits per heavy atom. The lowest BCUT2D eigenvalue weighted by Gasteiger charge is -2.34. The van der Waals surface area contributed by atoms with Gasteiger partial charge in [0.05, 0.1) is 32.3 Å². The molecule has 1 saturated heterocycles. The molecule has 1 heterocycles. The summed E-state index contributed by atoms with van der Waals surface area (Å²) in [6.45, 7) is 3.32. The van der Waals surface area contributed by atoms with Crippen LogP contribution in [0.2, 0.25) is 5.02 Å². The molecule has 1 aliphatic rings. The number of morpholine rings is 1. The number of hydrogen-bond donors (Lipinski definition) is 0. The standard InChI is InChI=1S/C15H21ClN2O5S/c1-11(15(19)17-6-8-23-9-7-17)18(24(3,20)21)13-10-12(16)4-5-14(13)22-2/h4-5,10-11H,6-9H2,1-3H3/t11-/m1/s1. The number of anilines is 1. The van der Waals surface area contributed by atoms with Crippen LogP contribution in [0, 0.1) is 0 Å². The zero-order valence-corrected chi connectivity index (χ0v) is 15.4. The minimum absolute atomic E-state index is 0.238. The molecule has 0 saturated carbocycles. The smallest absolute Gasteiger partial charge is 0.246 e. The fraction of sp³-hybridized carbons (Fsp3) is 0.533. The predicted octanol–water partition coefficient (Wildman–Crippen LogP) is 1.36. The van der Waals surface area contributed by atoms with E-state index in [1.54, 1.807) is 24.0 Å². The average molecular weight is 377 g/mol. The van der Waals surface area contributed by atoms with Crippen LogP contribution in [0.25, 0.3) is 0 Å². The molecule has 1 atom stereocenters. The lowest BCUT2D eigenvalue weighted by Crippen LogP contribution is -2.52. The second kappa shape index (κ2) is 7.58. The van der Waals surface area contributed by atoms with Gasteiger partial charge in [-0.15, -0.1) is 0 Å². The van der Waals surface area contributed by atoms with Crippen LogP contribution in [0.4, 0.5) is 5.69 Å². The molecular formula is C15H21ClN2O5S. The van der Waals surface area contributed by atoms with Crippen molar-refractivity contribution in [1.29, 1.82) is 0 Å². The number of nitrogens with zero attached hydrogens (tertiary/aromatic N) is 2. The first kappa shape index (κ1) is 18.8. The highest BCUT2D eigenvalue weighted by molar-refractivity contribution is 7.92. The van der Waals surface area contributed by atoms with E-state index < -0.39 is 16.1 Å². The third kappa shape index (κ3) is 4.12. The Labute approximate surface area is 147 Å². The van der Waals surface area contributed by atoms with Gasteiger partial charge in [-0.3, -0.25) is 9.10 Å². The number of hydrogen-bond acceptors (Lipinski definition) is 5. The summed E-state index contributed by atoms with van der Waals surface area (Å²) in [5.41, 5.74) is 0.238. The van der Waals surface area contributed by atoms with E-state index in [-0.39, 0.29) is 11.6 Å². The van der Waals surface area contributed by atoms with Gasteiger partial charge < -0.3 is 14.4 Å². The van der Waals surface area contributed by atoms with E-state index in [9.17, 15) is 13.2 Å². The summed E-state index contributed by atoms with van der Waals surface area (Å²) in [7, 11) is -2.30. The van der Waals surface area contributed by atoms with Crippen LogP contribution in [-0.2, 0) is 19.6 Å². The predicted molar refractivity (Wildman–Crippen MR) is 92.2 cm³/mol. The molecule has 0 bridgehead atoms. The van der Waals surface area contributed by atoms with E-state index in [1.807, 2.05) is 0 Å².